The van der Waals surface area contributed by atoms with E-state index in [2.05, 4.69) is 12.6 Å². The minimum absolute atomic E-state index is 0.296. The zero-order valence-corrected chi connectivity index (χ0v) is 13.2. The maximum Gasteiger partial charge on any atom is 0.327 e. The summed E-state index contributed by atoms with van der Waals surface area (Å²) < 4.78 is 10.3. The van der Waals surface area contributed by atoms with Gasteiger partial charge in [-0.05, 0) is 12.1 Å². The van der Waals surface area contributed by atoms with Gasteiger partial charge in [0.15, 0.2) is 11.5 Å². The molecular weight excluding hydrogens is 314 g/mol. The van der Waals surface area contributed by atoms with Crippen LogP contribution in [0.1, 0.15) is 10.4 Å². The molecule has 0 radical (unpaired) electrons. The first-order chi connectivity index (χ1) is 9.99. The first-order valence-electron chi connectivity index (χ1n) is 6.06. The second-order valence-electron chi connectivity index (χ2n) is 4.35. The Balaban J connectivity index is 2.37. The van der Waals surface area contributed by atoms with Crippen LogP contribution in [0.4, 0.5) is 0 Å². The first-order valence-corrected chi connectivity index (χ1v) is 7.66. The highest BCUT2D eigenvalue weighted by Crippen LogP contribution is 2.34. The van der Waals surface area contributed by atoms with Crippen molar-refractivity contribution in [3.63, 3.8) is 0 Å². The average Bonchev–Trinajstić information content (AvgIpc) is 2.95. The van der Waals surface area contributed by atoms with Gasteiger partial charge >= 0.3 is 5.97 Å². The normalized spacial score (nSPS) is 17.7. The van der Waals surface area contributed by atoms with E-state index in [1.165, 1.54) is 36.9 Å². The third-order valence-corrected chi connectivity index (χ3v) is 4.54. The highest BCUT2D eigenvalue weighted by atomic mass is 32.2. The van der Waals surface area contributed by atoms with E-state index in [0.29, 0.717) is 33.6 Å². The highest BCUT2D eigenvalue weighted by molar-refractivity contribution is 7.99. The van der Waals surface area contributed by atoms with Crippen molar-refractivity contribution in [1.82, 2.24) is 4.90 Å². The van der Waals surface area contributed by atoms with Crippen LogP contribution in [-0.2, 0) is 4.79 Å². The van der Waals surface area contributed by atoms with Crippen molar-refractivity contribution in [3.8, 4) is 11.5 Å². The van der Waals surface area contributed by atoms with E-state index in [-0.39, 0.29) is 5.91 Å². The number of hydrogen-bond donors (Lipinski definition) is 2. The Morgan fingerprint density at radius 2 is 1.95 bits per heavy atom. The van der Waals surface area contributed by atoms with Gasteiger partial charge in [-0.15, -0.1) is 24.4 Å². The van der Waals surface area contributed by atoms with Gasteiger partial charge in [-0.25, -0.2) is 4.79 Å². The van der Waals surface area contributed by atoms with Gasteiger partial charge in [-0.1, -0.05) is 0 Å². The quantitative estimate of drug-likeness (QED) is 0.817. The fraction of sp³-hybridized carbons (Fsp3) is 0.385. The van der Waals surface area contributed by atoms with Crippen LogP contribution in [0.25, 0.3) is 0 Å². The van der Waals surface area contributed by atoms with Gasteiger partial charge in [0.25, 0.3) is 5.91 Å². The van der Waals surface area contributed by atoms with Gasteiger partial charge in [0.1, 0.15) is 6.04 Å². The average molecular weight is 329 g/mol. The van der Waals surface area contributed by atoms with Crippen LogP contribution in [0, 0.1) is 0 Å². The fourth-order valence-electron chi connectivity index (χ4n) is 2.04. The van der Waals surface area contributed by atoms with Crippen molar-refractivity contribution in [1.29, 1.82) is 0 Å². The van der Waals surface area contributed by atoms with Crippen LogP contribution in [0.5, 0.6) is 11.5 Å². The Kier molecular flexibility index (Phi) is 4.89. The smallest absolute Gasteiger partial charge is 0.327 e. The van der Waals surface area contributed by atoms with Crippen molar-refractivity contribution in [2.45, 2.75) is 10.9 Å². The molecule has 1 aromatic rings. The summed E-state index contributed by atoms with van der Waals surface area (Å²) >= 11 is 5.69. The molecule has 1 aliphatic rings. The van der Waals surface area contributed by atoms with E-state index in [4.69, 9.17) is 14.6 Å². The van der Waals surface area contributed by atoms with Crippen molar-refractivity contribution in [2.75, 3.05) is 25.8 Å². The summed E-state index contributed by atoms with van der Waals surface area (Å²) in [5, 5.41) is 9.16. The highest BCUT2D eigenvalue weighted by Gasteiger charge is 2.35. The number of carboxylic acids is 1. The molecule has 1 aliphatic heterocycles. The minimum atomic E-state index is -1.01. The molecule has 8 heteroatoms. The lowest BCUT2D eigenvalue weighted by atomic mass is 10.1. The molecule has 0 unspecified atom stereocenters. The molecule has 1 atom stereocenters. The number of methoxy groups -OCH3 is 2. The molecule has 2 rings (SSSR count). The monoisotopic (exact) mass is 329 g/mol. The molecule has 0 aromatic heterocycles. The van der Waals surface area contributed by atoms with Crippen molar-refractivity contribution >= 4 is 36.3 Å². The van der Waals surface area contributed by atoms with E-state index in [1.807, 2.05) is 0 Å². The number of thioether (sulfide) groups is 1. The van der Waals surface area contributed by atoms with E-state index in [1.54, 1.807) is 6.07 Å². The molecule has 1 amide bonds. The Labute approximate surface area is 131 Å². The Morgan fingerprint density at radius 1 is 1.33 bits per heavy atom. The van der Waals surface area contributed by atoms with Crippen LogP contribution in [0.3, 0.4) is 0 Å². The number of carboxylic acid groups (broad SMARTS) is 1. The number of amides is 1. The molecule has 0 bridgehead atoms. The molecule has 0 spiro atoms. The summed E-state index contributed by atoms with van der Waals surface area (Å²) in [4.78, 5) is 25.5. The van der Waals surface area contributed by atoms with Gasteiger partial charge in [0, 0.05) is 10.6 Å². The predicted octanol–water partition coefficient (Wildman–Crippen LogP) is 1.59. The zero-order valence-electron chi connectivity index (χ0n) is 11.5. The third-order valence-electron chi connectivity index (χ3n) is 3.16. The second kappa shape index (κ2) is 6.48. The summed E-state index contributed by atoms with van der Waals surface area (Å²) in [6.45, 7) is 0. The second-order valence-corrected chi connectivity index (χ2v) is 5.83. The van der Waals surface area contributed by atoms with Gasteiger partial charge in [0.05, 0.1) is 25.7 Å². The molecule has 1 heterocycles. The topological polar surface area (TPSA) is 76.1 Å². The molecule has 1 N–H and O–H groups in total. The predicted molar refractivity (Wildman–Crippen MR) is 81.7 cm³/mol. The summed E-state index contributed by atoms with van der Waals surface area (Å²) in [7, 11) is 2.96. The number of thiol groups is 1. The van der Waals surface area contributed by atoms with Crippen molar-refractivity contribution in [2.24, 2.45) is 0 Å². The molecule has 0 saturated carbocycles. The molecule has 6 nitrogen and oxygen atoms in total. The molecule has 21 heavy (non-hydrogen) atoms. The molecule has 114 valence electrons. The van der Waals surface area contributed by atoms with Crippen LogP contribution in [0.2, 0.25) is 0 Å². The van der Waals surface area contributed by atoms with Crippen LogP contribution in [0.15, 0.2) is 17.0 Å². The number of nitrogens with zero attached hydrogens (tertiary/aromatic N) is 1. The van der Waals surface area contributed by atoms with E-state index in [9.17, 15) is 9.59 Å². The zero-order chi connectivity index (χ0) is 15.6. The Bertz CT molecular complexity index is 578. The van der Waals surface area contributed by atoms with Gasteiger partial charge in [0.2, 0.25) is 0 Å². The van der Waals surface area contributed by atoms with Gasteiger partial charge in [-0.3, -0.25) is 4.79 Å². The van der Waals surface area contributed by atoms with Gasteiger partial charge in [-0.2, -0.15) is 0 Å². The number of hydrogen-bond acceptors (Lipinski definition) is 6. The standard InChI is InChI=1S/C13H15NO5S2/c1-18-9-3-7(11(20)4-10(9)19-2)12(15)14-6-21-5-8(14)13(16)17/h3-4,8,20H,5-6H2,1-2H3,(H,16,17)/t8-/m0/s1. The summed E-state index contributed by atoms with van der Waals surface area (Å²) in [5.41, 5.74) is 0.296. The van der Waals surface area contributed by atoms with Crippen LogP contribution in [-0.4, -0.2) is 53.8 Å². The number of rotatable bonds is 4. The summed E-state index contributed by atoms with van der Waals surface area (Å²) in [6.07, 6.45) is 0. The number of benzene rings is 1. The molecule has 0 aliphatic carbocycles. The van der Waals surface area contributed by atoms with E-state index >= 15 is 0 Å². The van der Waals surface area contributed by atoms with Crippen LogP contribution >= 0.6 is 24.4 Å². The number of ether oxygens (including phenoxy) is 2. The van der Waals surface area contributed by atoms with Gasteiger partial charge < -0.3 is 19.5 Å². The third kappa shape index (κ3) is 3.06. The maximum absolute atomic E-state index is 12.6. The molecular formula is C13H15NO5S2. The van der Waals surface area contributed by atoms with Crippen LogP contribution < -0.4 is 9.47 Å². The summed E-state index contributed by atoms with van der Waals surface area (Å²) in [6, 6.07) is 2.28. The molecule has 1 aromatic carbocycles. The lowest BCUT2D eigenvalue weighted by molar-refractivity contribution is -0.140. The van der Waals surface area contributed by atoms with E-state index < -0.39 is 12.0 Å². The van der Waals surface area contributed by atoms with Crippen molar-refractivity contribution in [3.05, 3.63) is 17.7 Å². The number of carbonyl (C=O) groups is 2. The molecule has 1 fully saturated rings. The number of aliphatic carboxylic acids is 1. The Hall–Kier alpha value is -1.54. The number of carbonyl (C=O) groups excluding carboxylic acids is 1. The summed E-state index contributed by atoms with van der Waals surface area (Å²) in [5.74, 6) is 0.211. The molecule has 1 saturated heterocycles. The lowest BCUT2D eigenvalue weighted by Crippen LogP contribution is -2.41. The minimum Gasteiger partial charge on any atom is -0.493 e. The lowest BCUT2D eigenvalue weighted by Gasteiger charge is -2.22. The SMILES string of the molecule is COc1cc(S)c(C(=O)N2CSC[C@H]2C(=O)O)cc1OC. The van der Waals surface area contributed by atoms with E-state index in [0.717, 1.165) is 0 Å². The van der Waals surface area contributed by atoms with Crippen molar-refractivity contribution < 1.29 is 24.2 Å². The largest absolute Gasteiger partial charge is 0.493 e. The first kappa shape index (κ1) is 15.8. The maximum atomic E-state index is 12.6. The Morgan fingerprint density at radius 3 is 2.52 bits per heavy atom. The fourth-order valence-corrected chi connectivity index (χ4v) is 3.46.